The molecule has 1 aliphatic rings. The molecule has 3 heteroatoms. The fraction of sp³-hybridized carbons (Fsp3) is 0.300. The van der Waals surface area contributed by atoms with Gasteiger partial charge in [0, 0.05) is 37.2 Å². The van der Waals surface area contributed by atoms with Crippen LogP contribution >= 0.6 is 15.9 Å². The Balaban J connectivity index is 1.70. The highest BCUT2D eigenvalue weighted by Gasteiger charge is 2.08. The minimum atomic E-state index is 1.04. The molecule has 1 heterocycles. The van der Waals surface area contributed by atoms with E-state index in [0.717, 1.165) is 37.2 Å². The first-order chi connectivity index (χ1) is 11.2. The number of nitrogens with one attached hydrogen (secondary N) is 1. The summed E-state index contributed by atoms with van der Waals surface area (Å²) in [5.74, 6) is 0. The summed E-state index contributed by atoms with van der Waals surface area (Å²) in [5, 5.41) is 3.39. The van der Waals surface area contributed by atoms with Gasteiger partial charge in [-0.3, -0.25) is 4.90 Å². The normalized spacial score (nSPS) is 16.5. The average molecular weight is 371 g/mol. The van der Waals surface area contributed by atoms with Crippen molar-refractivity contribution in [1.82, 2.24) is 10.2 Å². The van der Waals surface area contributed by atoms with Crippen LogP contribution in [-0.4, -0.2) is 37.6 Å². The Morgan fingerprint density at radius 1 is 1.09 bits per heavy atom. The summed E-state index contributed by atoms with van der Waals surface area (Å²) in [7, 11) is 0. The molecule has 0 amide bonds. The van der Waals surface area contributed by atoms with Crippen molar-refractivity contribution in [2.45, 2.75) is 6.92 Å². The molecule has 0 atom stereocenters. The van der Waals surface area contributed by atoms with Gasteiger partial charge in [0.1, 0.15) is 0 Å². The van der Waals surface area contributed by atoms with E-state index >= 15 is 0 Å². The Labute approximate surface area is 147 Å². The second-order valence-corrected chi connectivity index (χ2v) is 6.85. The van der Waals surface area contributed by atoms with Crippen molar-refractivity contribution >= 4 is 21.5 Å². The van der Waals surface area contributed by atoms with Crippen molar-refractivity contribution in [3.63, 3.8) is 0 Å². The average Bonchev–Trinajstić information content (AvgIpc) is 2.61. The largest absolute Gasteiger partial charge is 0.314 e. The minimum absolute atomic E-state index is 1.04. The first kappa shape index (κ1) is 16.4. The van der Waals surface area contributed by atoms with E-state index in [9.17, 15) is 0 Å². The van der Waals surface area contributed by atoms with Crippen LogP contribution < -0.4 is 5.32 Å². The van der Waals surface area contributed by atoms with Crippen molar-refractivity contribution in [3.05, 3.63) is 64.6 Å². The molecule has 23 heavy (non-hydrogen) atoms. The molecule has 0 radical (unpaired) electrons. The van der Waals surface area contributed by atoms with Gasteiger partial charge in [0.05, 0.1) is 0 Å². The molecule has 1 N–H and O–H groups in total. The van der Waals surface area contributed by atoms with Crippen molar-refractivity contribution in [3.8, 4) is 11.1 Å². The predicted molar refractivity (Wildman–Crippen MR) is 103 cm³/mol. The lowest BCUT2D eigenvalue weighted by Gasteiger charge is -2.26. The van der Waals surface area contributed by atoms with Gasteiger partial charge in [-0.1, -0.05) is 64.5 Å². The number of benzene rings is 2. The van der Waals surface area contributed by atoms with Gasteiger partial charge >= 0.3 is 0 Å². The standard InChI is InChI=1S/C20H23BrN2/c1-16(10-13-23-14-11-22-12-15-23)17-6-8-18(9-7-17)19-4-2-3-5-20(19)21/h2-10,22H,11-15H2,1H3. The second kappa shape index (κ2) is 7.91. The van der Waals surface area contributed by atoms with E-state index < -0.39 is 0 Å². The minimum Gasteiger partial charge on any atom is -0.314 e. The van der Waals surface area contributed by atoms with Gasteiger partial charge in [-0.15, -0.1) is 0 Å². The highest BCUT2D eigenvalue weighted by Crippen LogP contribution is 2.28. The van der Waals surface area contributed by atoms with Crippen molar-refractivity contribution in [2.75, 3.05) is 32.7 Å². The van der Waals surface area contributed by atoms with Gasteiger partial charge in [0.2, 0.25) is 0 Å². The van der Waals surface area contributed by atoms with Gasteiger partial charge in [0.25, 0.3) is 0 Å². The second-order valence-electron chi connectivity index (χ2n) is 5.99. The Morgan fingerprint density at radius 3 is 2.48 bits per heavy atom. The van der Waals surface area contributed by atoms with E-state index in [1.165, 1.54) is 22.3 Å². The molecule has 120 valence electrons. The quantitative estimate of drug-likeness (QED) is 0.856. The zero-order valence-corrected chi connectivity index (χ0v) is 15.1. The lowest BCUT2D eigenvalue weighted by atomic mass is 10.0. The van der Waals surface area contributed by atoms with Crippen molar-refractivity contribution < 1.29 is 0 Å². The summed E-state index contributed by atoms with van der Waals surface area (Å²) in [6, 6.07) is 17.2. The number of hydrogen-bond donors (Lipinski definition) is 1. The molecule has 2 nitrogen and oxygen atoms in total. The number of hydrogen-bond acceptors (Lipinski definition) is 2. The fourth-order valence-electron chi connectivity index (χ4n) is 2.89. The monoisotopic (exact) mass is 370 g/mol. The maximum Gasteiger partial charge on any atom is 0.0253 e. The van der Waals surface area contributed by atoms with Crippen LogP contribution in [0.3, 0.4) is 0 Å². The molecule has 2 aromatic rings. The third kappa shape index (κ3) is 4.31. The molecule has 0 saturated carbocycles. The SMILES string of the molecule is CC(=CCN1CCNCC1)c1ccc(-c2ccccc2Br)cc1. The lowest BCUT2D eigenvalue weighted by Crippen LogP contribution is -2.43. The van der Waals surface area contributed by atoms with Gasteiger partial charge in [-0.2, -0.15) is 0 Å². The smallest absolute Gasteiger partial charge is 0.0253 e. The molecule has 0 spiro atoms. The molecular formula is C20H23BrN2. The molecule has 0 aromatic heterocycles. The molecule has 0 aliphatic carbocycles. The summed E-state index contributed by atoms with van der Waals surface area (Å²) in [4.78, 5) is 2.50. The summed E-state index contributed by atoms with van der Waals surface area (Å²) in [5.41, 5.74) is 5.13. The lowest BCUT2D eigenvalue weighted by molar-refractivity contribution is 0.265. The molecular weight excluding hydrogens is 348 g/mol. The summed E-state index contributed by atoms with van der Waals surface area (Å²) >= 11 is 3.63. The van der Waals surface area contributed by atoms with E-state index in [1.54, 1.807) is 0 Å². The zero-order chi connectivity index (χ0) is 16.1. The van der Waals surface area contributed by atoms with E-state index in [0.29, 0.717) is 0 Å². The third-order valence-electron chi connectivity index (χ3n) is 4.39. The third-order valence-corrected chi connectivity index (χ3v) is 5.08. The zero-order valence-electron chi connectivity index (χ0n) is 13.6. The summed E-state index contributed by atoms with van der Waals surface area (Å²) < 4.78 is 1.14. The molecule has 1 aliphatic heterocycles. The maximum atomic E-state index is 3.63. The Hall–Kier alpha value is -1.42. The summed E-state index contributed by atoms with van der Waals surface area (Å²) in [6.45, 7) is 7.74. The molecule has 1 fully saturated rings. The molecule has 1 saturated heterocycles. The predicted octanol–water partition coefficient (Wildman–Crippen LogP) is 4.42. The molecule has 0 unspecified atom stereocenters. The highest BCUT2D eigenvalue weighted by molar-refractivity contribution is 9.10. The van der Waals surface area contributed by atoms with Crippen LogP contribution in [-0.2, 0) is 0 Å². The molecule has 3 rings (SSSR count). The molecule has 0 bridgehead atoms. The van der Waals surface area contributed by atoms with Crippen molar-refractivity contribution in [1.29, 1.82) is 0 Å². The summed E-state index contributed by atoms with van der Waals surface area (Å²) in [6.07, 6.45) is 2.35. The first-order valence-corrected chi connectivity index (χ1v) is 8.98. The van der Waals surface area contributed by atoms with Crippen molar-refractivity contribution in [2.24, 2.45) is 0 Å². The Morgan fingerprint density at radius 2 is 1.78 bits per heavy atom. The van der Waals surface area contributed by atoms with Crippen LogP contribution in [0.25, 0.3) is 16.7 Å². The van der Waals surface area contributed by atoms with E-state index in [1.807, 2.05) is 6.07 Å². The van der Waals surface area contributed by atoms with Gasteiger partial charge in [-0.25, -0.2) is 0 Å². The van der Waals surface area contributed by atoms with Gasteiger partial charge in [0.15, 0.2) is 0 Å². The van der Waals surface area contributed by atoms with Crippen LogP contribution in [0.5, 0.6) is 0 Å². The van der Waals surface area contributed by atoms with E-state index in [2.05, 4.69) is 81.6 Å². The Bertz CT molecular complexity index is 670. The van der Waals surface area contributed by atoms with Crippen LogP contribution in [0.15, 0.2) is 59.1 Å². The number of rotatable bonds is 4. The number of halogens is 1. The van der Waals surface area contributed by atoms with E-state index in [4.69, 9.17) is 0 Å². The fourth-order valence-corrected chi connectivity index (χ4v) is 3.40. The van der Waals surface area contributed by atoms with Crippen LogP contribution in [0.2, 0.25) is 0 Å². The van der Waals surface area contributed by atoms with E-state index in [-0.39, 0.29) is 0 Å². The van der Waals surface area contributed by atoms with Gasteiger partial charge in [-0.05, 0) is 35.3 Å². The topological polar surface area (TPSA) is 15.3 Å². The highest BCUT2D eigenvalue weighted by atomic mass is 79.9. The van der Waals surface area contributed by atoms with Crippen LogP contribution in [0, 0.1) is 0 Å². The first-order valence-electron chi connectivity index (χ1n) is 8.19. The number of allylic oxidation sites excluding steroid dienone is 1. The van der Waals surface area contributed by atoms with Gasteiger partial charge < -0.3 is 5.32 Å². The van der Waals surface area contributed by atoms with Crippen LogP contribution in [0.1, 0.15) is 12.5 Å². The molecule has 2 aromatic carbocycles. The maximum absolute atomic E-state index is 3.63. The van der Waals surface area contributed by atoms with Crippen LogP contribution in [0.4, 0.5) is 0 Å². The number of piperazine rings is 1. The Kier molecular flexibility index (Phi) is 5.65. The number of nitrogens with zero attached hydrogens (tertiary/aromatic N) is 1.